The van der Waals surface area contributed by atoms with Crippen molar-refractivity contribution in [2.75, 3.05) is 31.6 Å². The summed E-state index contributed by atoms with van der Waals surface area (Å²) in [5, 5.41) is 4.03. The van der Waals surface area contributed by atoms with E-state index in [0.717, 1.165) is 16.9 Å². The van der Waals surface area contributed by atoms with Gasteiger partial charge in [0.15, 0.2) is 0 Å². The van der Waals surface area contributed by atoms with Gasteiger partial charge in [0.1, 0.15) is 12.3 Å². The van der Waals surface area contributed by atoms with E-state index in [4.69, 9.17) is 9.26 Å². The highest BCUT2D eigenvalue weighted by Crippen LogP contribution is 2.22. The largest absolute Gasteiger partial charge is 0.497 e. The summed E-state index contributed by atoms with van der Waals surface area (Å²) in [5.74, 6) is 1.73. The van der Waals surface area contributed by atoms with Crippen molar-refractivity contribution >= 4 is 11.9 Å². The molecule has 27 heavy (non-hydrogen) atoms. The monoisotopic (exact) mass is 364 g/mol. The van der Waals surface area contributed by atoms with Crippen molar-refractivity contribution in [1.82, 2.24) is 15.0 Å². The van der Waals surface area contributed by atoms with Gasteiger partial charge in [0.25, 0.3) is 11.8 Å². The molecule has 1 aliphatic rings. The van der Waals surface area contributed by atoms with Crippen molar-refractivity contribution in [2.45, 2.75) is 6.54 Å². The number of hydrogen-bond acceptors (Lipinski definition) is 6. The Morgan fingerprint density at radius 2 is 1.96 bits per heavy atom. The third-order valence-electron chi connectivity index (χ3n) is 4.55. The van der Waals surface area contributed by atoms with Crippen LogP contribution in [0.25, 0.3) is 11.5 Å². The predicted molar refractivity (Wildman–Crippen MR) is 100 cm³/mol. The highest BCUT2D eigenvalue weighted by molar-refractivity contribution is 5.82. The average Bonchev–Trinajstić information content (AvgIpc) is 3.21. The SMILES string of the molecule is COc1cccc(CN2CCN(c3noc(-c4ccccc4)n3)CC2=O)c1. The minimum absolute atomic E-state index is 0.0372. The summed E-state index contributed by atoms with van der Waals surface area (Å²) < 4.78 is 10.6. The molecule has 1 aromatic heterocycles. The summed E-state index contributed by atoms with van der Waals surface area (Å²) in [5.41, 5.74) is 1.90. The molecule has 2 aromatic carbocycles. The van der Waals surface area contributed by atoms with Crippen LogP contribution >= 0.6 is 0 Å². The summed E-state index contributed by atoms with van der Waals surface area (Å²) in [6.45, 7) is 2.05. The van der Waals surface area contributed by atoms with E-state index in [1.165, 1.54) is 0 Å². The number of benzene rings is 2. The van der Waals surface area contributed by atoms with Crippen LogP contribution in [0.15, 0.2) is 59.1 Å². The molecular formula is C20H20N4O3. The first-order chi connectivity index (χ1) is 13.2. The van der Waals surface area contributed by atoms with Gasteiger partial charge in [0.05, 0.1) is 7.11 Å². The van der Waals surface area contributed by atoms with E-state index >= 15 is 0 Å². The smallest absolute Gasteiger partial charge is 0.266 e. The number of aromatic nitrogens is 2. The molecule has 0 atom stereocenters. The number of methoxy groups -OCH3 is 1. The van der Waals surface area contributed by atoms with E-state index in [1.54, 1.807) is 7.11 Å². The number of ether oxygens (including phenoxy) is 1. The molecule has 0 bridgehead atoms. The summed E-state index contributed by atoms with van der Waals surface area (Å²) in [6, 6.07) is 17.4. The van der Waals surface area contributed by atoms with E-state index in [2.05, 4.69) is 10.1 Å². The third-order valence-corrected chi connectivity index (χ3v) is 4.55. The Morgan fingerprint density at radius 1 is 1.11 bits per heavy atom. The molecule has 4 rings (SSSR count). The molecule has 1 aliphatic heterocycles. The molecule has 1 amide bonds. The highest BCUT2D eigenvalue weighted by atomic mass is 16.5. The molecule has 0 aliphatic carbocycles. The molecule has 0 spiro atoms. The second-order valence-electron chi connectivity index (χ2n) is 6.35. The lowest BCUT2D eigenvalue weighted by Gasteiger charge is -2.33. The minimum atomic E-state index is 0.0372. The lowest BCUT2D eigenvalue weighted by molar-refractivity contribution is -0.131. The van der Waals surface area contributed by atoms with Crippen LogP contribution in [0.1, 0.15) is 5.56 Å². The molecule has 1 saturated heterocycles. The van der Waals surface area contributed by atoms with E-state index in [-0.39, 0.29) is 12.5 Å². The molecule has 138 valence electrons. The zero-order chi connectivity index (χ0) is 18.6. The minimum Gasteiger partial charge on any atom is -0.497 e. The number of carbonyl (C=O) groups is 1. The van der Waals surface area contributed by atoms with Crippen LogP contribution in [0.2, 0.25) is 0 Å². The van der Waals surface area contributed by atoms with Gasteiger partial charge >= 0.3 is 0 Å². The van der Waals surface area contributed by atoms with E-state index in [9.17, 15) is 4.79 Å². The van der Waals surface area contributed by atoms with Crippen molar-refractivity contribution in [3.05, 3.63) is 60.2 Å². The van der Waals surface area contributed by atoms with Gasteiger partial charge in [0.2, 0.25) is 5.91 Å². The van der Waals surface area contributed by atoms with E-state index in [0.29, 0.717) is 31.5 Å². The van der Waals surface area contributed by atoms with Crippen molar-refractivity contribution in [3.63, 3.8) is 0 Å². The summed E-state index contributed by atoms with van der Waals surface area (Å²) in [7, 11) is 1.64. The zero-order valence-corrected chi connectivity index (χ0v) is 15.0. The predicted octanol–water partition coefficient (Wildman–Crippen LogP) is 2.59. The van der Waals surface area contributed by atoms with Gasteiger partial charge in [-0.25, -0.2) is 0 Å². The van der Waals surface area contributed by atoms with E-state index in [1.807, 2.05) is 64.4 Å². The maximum absolute atomic E-state index is 12.6. The fraction of sp³-hybridized carbons (Fsp3) is 0.250. The first-order valence-electron chi connectivity index (χ1n) is 8.78. The number of anilines is 1. The molecule has 1 fully saturated rings. The third kappa shape index (κ3) is 3.76. The van der Waals surface area contributed by atoms with Crippen molar-refractivity contribution < 1.29 is 14.1 Å². The molecular weight excluding hydrogens is 344 g/mol. The van der Waals surface area contributed by atoms with Crippen LogP contribution in [-0.2, 0) is 11.3 Å². The molecule has 0 unspecified atom stereocenters. The Labute approximate surface area is 157 Å². The molecule has 0 saturated carbocycles. The van der Waals surface area contributed by atoms with Crippen molar-refractivity contribution in [1.29, 1.82) is 0 Å². The molecule has 0 radical (unpaired) electrons. The van der Waals surface area contributed by atoms with Gasteiger partial charge < -0.3 is 19.1 Å². The number of hydrogen-bond donors (Lipinski definition) is 0. The van der Waals surface area contributed by atoms with Gasteiger partial charge in [-0.3, -0.25) is 4.79 Å². The van der Waals surface area contributed by atoms with Crippen LogP contribution < -0.4 is 9.64 Å². The standard InChI is InChI=1S/C20H20N4O3/c1-26-17-9-5-6-15(12-17)13-23-10-11-24(14-18(23)25)20-21-19(27-22-20)16-7-3-2-4-8-16/h2-9,12H,10-11,13-14H2,1H3. The van der Waals surface area contributed by atoms with Crippen molar-refractivity contribution in [2.24, 2.45) is 0 Å². The van der Waals surface area contributed by atoms with Gasteiger partial charge in [-0.15, -0.1) is 0 Å². The molecule has 7 heteroatoms. The van der Waals surface area contributed by atoms with E-state index < -0.39 is 0 Å². The lowest BCUT2D eigenvalue weighted by atomic mass is 10.2. The Morgan fingerprint density at radius 3 is 2.74 bits per heavy atom. The Balaban J connectivity index is 1.41. The van der Waals surface area contributed by atoms with Gasteiger partial charge in [-0.1, -0.05) is 30.3 Å². The van der Waals surface area contributed by atoms with Crippen LogP contribution in [0.4, 0.5) is 5.95 Å². The topological polar surface area (TPSA) is 71.7 Å². The quantitative estimate of drug-likeness (QED) is 0.693. The fourth-order valence-electron chi connectivity index (χ4n) is 3.08. The Kier molecular flexibility index (Phi) is 4.74. The molecule has 0 N–H and O–H groups in total. The van der Waals surface area contributed by atoms with Gasteiger partial charge in [-0.2, -0.15) is 4.98 Å². The maximum Gasteiger partial charge on any atom is 0.266 e. The number of amides is 1. The number of rotatable bonds is 5. The average molecular weight is 364 g/mol. The van der Waals surface area contributed by atoms with Gasteiger partial charge in [0, 0.05) is 25.2 Å². The lowest BCUT2D eigenvalue weighted by Crippen LogP contribution is -2.50. The summed E-state index contributed by atoms with van der Waals surface area (Å²) in [4.78, 5) is 20.7. The summed E-state index contributed by atoms with van der Waals surface area (Å²) in [6.07, 6.45) is 0. The number of nitrogens with zero attached hydrogens (tertiary/aromatic N) is 4. The van der Waals surface area contributed by atoms with Crippen LogP contribution in [0.3, 0.4) is 0 Å². The first-order valence-corrected chi connectivity index (χ1v) is 8.78. The maximum atomic E-state index is 12.6. The normalized spacial score (nSPS) is 14.5. The van der Waals surface area contributed by atoms with Crippen molar-refractivity contribution in [3.8, 4) is 17.2 Å². The Bertz CT molecular complexity index is 926. The first kappa shape index (κ1) is 17.1. The zero-order valence-electron chi connectivity index (χ0n) is 15.0. The van der Waals surface area contributed by atoms with Crippen LogP contribution in [0.5, 0.6) is 5.75 Å². The highest BCUT2D eigenvalue weighted by Gasteiger charge is 2.27. The second-order valence-corrected chi connectivity index (χ2v) is 6.35. The van der Waals surface area contributed by atoms with Crippen LogP contribution in [0, 0.1) is 0 Å². The number of carbonyl (C=O) groups excluding carboxylic acids is 1. The van der Waals surface area contributed by atoms with Gasteiger partial charge in [-0.05, 0) is 35.0 Å². The summed E-state index contributed by atoms with van der Waals surface area (Å²) >= 11 is 0. The number of piperazine rings is 1. The van der Waals surface area contributed by atoms with Crippen LogP contribution in [-0.4, -0.2) is 47.7 Å². The molecule has 3 aromatic rings. The fourth-order valence-corrected chi connectivity index (χ4v) is 3.08. The second kappa shape index (κ2) is 7.49. The molecule has 2 heterocycles. The molecule has 7 nitrogen and oxygen atoms in total. The Hall–Kier alpha value is -3.35.